The second-order valence-electron chi connectivity index (χ2n) is 4.14. The summed E-state index contributed by atoms with van der Waals surface area (Å²) in [5.74, 6) is 1.44. The van der Waals surface area contributed by atoms with Gasteiger partial charge in [0, 0.05) is 13.5 Å². The van der Waals surface area contributed by atoms with E-state index >= 15 is 0 Å². The van der Waals surface area contributed by atoms with Crippen LogP contribution in [0.2, 0.25) is 0 Å². The van der Waals surface area contributed by atoms with Gasteiger partial charge >= 0.3 is 0 Å². The zero-order valence-electron chi connectivity index (χ0n) is 10.8. The maximum absolute atomic E-state index is 5.27. The van der Waals surface area contributed by atoms with Crippen LogP contribution in [-0.4, -0.2) is 24.9 Å². The summed E-state index contributed by atoms with van der Waals surface area (Å²) in [4.78, 5) is 4.40. The standard InChI is InChI=1S/C11H17N5OS/c1-4-5-6-9-13-10(17-15-9)8(2)18-11-14-12-7-16(11)3/h7-8H,4-6H2,1-3H3. The summed E-state index contributed by atoms with van der Waals surface area (Å²) in [5, 5.41) is 12.8. The SMILES string of the molecule is CCCCc1noc(C(C)Sc2nncn2C)n1. The monoisotopic (exact) mass is 267 g/mol. The van der Waals surface area contributed by atoms with Crippen LogP contribution in [0.25, 0.3) is 0 Å². The fraction of sp³-hybridized carbons (Fsp3) is 0.636. The number of aromatic nitrogens is 5. The van der Waals surface area contributed by atoms with Crippen LogP contribution in [0.5, 0.6) is 0 Å². The first-order valence-corrected chi connectivity index (χ1v) is 6.91. The third kappa shape index (κ3) is 3.10. The van der Waals surface area contributed by atoms with Gasteiger partial charge in [-0.1, -0.05) is 30.3 Å². The minimum atomic E-state index is 0.0794. The van der Waals surface area contributed by atoms with E-state index in [1.807, 2.05) is 18.5 Å². The van der Waals surface area contributed by atoms with E-state index in [1.54, 1.807) is 18.1 Å². The molecule has 7 heteroatoms. The smallest absolute Gasteiger partial charge is 0.239 e. The molecule has 0 saturated carbocycles. The van der Waals surface area contributed by atoms with E-state index in [0.717, 1.165) is 30.2 Å². The molecule has 6 nitrogen and oxygen atoms in total. The molecular weight excluding hydrogens is 250 g/mol. The molecule has 0 bridgehead atoms. The molecule has 0 aliphatic carbocycles. The van der Waals surface area contributed by atoms with Gasteiger partial charge in [-0.3, -0.25) is 0 Å². The molecule has 0 radical (unpaired) electrons. The van der Waals surface area contributed by atoms with E-state index in [9.17, 15) is 0 Å². The normalized spacial score (nSPS) is 12.8. The largest absolute Gasteiger partial charge is 0.338 e. The van der Waals surface area contributed by atoms with Crippen molar-refractivity contribution in [3.63, 3.8) is 0 Å². The number of hydrogen-bond acceptors (Lipinski definition) is 6. The van der Waals surface area contributed by atoms with Crippen molar-refractivity contribution in [2.75, 3.05) is 0 Å². The Morgan fingerprint density at radius 1 is 1.50 bits per heavy atom. The molecule has 2 rings (SSSR count). The van der Waals surface area contributed by atoms with Crippen LogP contribution in [-0.2, 0) is 13.5 Å². The quantitative estimate of drug-likeness (QED) is 0.748. The summed E-state index contributed by atoms with van der Waals surface area (Å²) >= 11 is 1.56. The lowest BCUT2D eigenvalue weighted by Gasteiger charge is -2.04. The van der Waals surface area contributed by atoms with Gasteiger partial charge in [0.2, 0.25) is 5.89 Å². The molecule has 0 spiro atoms. The Morgan fingerprint density at radius 3 is 3.00 bits per heavy atom. The summed E-state index contributed by atoms with van der Waals surface area (Å²) in [7, 11) is 1.91. The average molecular weight is 267 g/mol. The molecule has 0 amide bonds. The van der Waals surface area contributed by atoms with Gasteiger partial charge in [-0.05, 0) is 13.3 Å². The molecule has 0 aliphatic heterocycles. The Hall–Kier alpha value is -1.37. The molecule has 2 aromatic rings. The molecule has 0 fully saturated rings. The molecule has 0 saturated heterocycles. The second kappa shape index (κ2) is 5.99. The van der Waals surface area contributed by atoms with Crippen LogP contribution in [0.1, 0.15) is 43.7 Å². The molecule has 2 heterocycles. The van der Waals surface area contributed by atoms with Gasteiger partial charge in [-0.15, -0.1) is 10.2 Å². The van der Waals surface area contributed by atoms with E-state index in [-0.39, 0.29) is 5.25 Å². The van der Waals surface area contributed by atoms with Crippen LogP contribution in [0, 0.1) is 0 Å². The van der Waals surface area contributed by atoms with Crippen LogP contribution >= 0.6 is 11.8 Å². The minimum absolute atomic E-state index is 0.0794. The highest BCUT2D eigenvalue weighted by Gasteiger charge is 2.17. The zero-order valence-corrected chi connectivity index (χ0v) is 11.6. The third-order valence-corrected chi connectivity index (χ3v) is 3.67. The number of hydrogen-bond donors (Lipinski definition) is 0. The van der Waals surface area contributed by atoms with E-state index in [4.69, 9.17) is 4.52 Å². The van der Waals surface area contributed by atoms with E-state index in [0.29, 0.717) is 5.89 Å². The van der Waals surface area contributed by atoms with Gasteiger partial charge in [0.25, 0.3) is 0 Å². The van der Waals surface area contributed by atoms with Crippen molar-refractivity contribution in [1.29, 1.82) is 0 Å². The van der Waals surface area contributed by atoms with Gasteiger partial charge in [0.15, 0.2) is 11.0 Å². The van der Waals surface area contributed by atoms with Crippen LogP contribution < -0.4 is 0 Å². The number of unbranched alkanes of at least 4 members (excludes halogenated alkanes) is 1. The number of nitrogens with zero attached hydrogens (tertiary/aromatic N) is 5. The maximum atomic E-state index is 5.27. The van der Waals surface area contributed by atoms with Crippen molar-refractivity contribution in [2.45, 2.75) is 43.5 Å². The first-order valence-electron chi connectivity index (χ1n) is 6.03. The van der Waals surface area contributed by atoms with Crippen LogP contribution in [0.4, 0.5) is 0 Å². The third-order valence-electron chi connectivity index (χ3n) is 2.54. The molecule has 1 unspecified atom stereocenters. The lowest BCUT2D eigenvalue weighted by molar-refractivity contribution is 0.374. The molecule has 18 heavy (non-hydrogen) atoms. The second-order valence-corrected chi connectivity index (χ2v) is 5.44. The van der Waals surface area contributed by atoms with Crippen molar-refractivity contribution < 1.29 is 4.52 Å². The van der Waals surface area contributed by atoms with Crippen molar-refractivity contribution in [2.24, 2.45) is 7.05 Å². The Bertz CT molecular complexity index is 495. The van der Waals surface area contributed by atoms with Crippen molar-refractivity contribution in [1.82, 2.24) is 24.9 Å². The molecule has 2 aromatic heterocycles. The fourth-order valence-corrected chi connectivity index (χ4v) is 2.28. The summed E-state index contributed by atoms with van der Waals surface area (Å²) in [5.41, 5.74) is 0. The molecule has 0 aromatic carbocycles. The van der Waals surface area contributed by atoms with Crippen molar-refractivity contribution in [3.8, 4) is 0 Å². The number of rotatable bonds is 6. The lowest BCUT2D eigenvalue weighted by atomic mass is 10.2. The predicted molar refractivity (Wildman–Crippen MR) is 68.2 cm³/mol. The van der Waals surface area contributed by atoms with Gasteiger partial charge in [0.05, 0.1) is 5.25 Å². The topological polar surface area (TPSA) is 69.6 Å². The molecular formula is C11H17N5OS. The molecule has 0 aliphatic rings. The highest BCUT2D eigenvalue weighted by molar-refractivity contribution is 7.99. The first-order chi connectivity index (χ1) is 8.70. The molecule has 1 atom stereocenters. The van der Waals surface area contributed by atoms with Gasteiger partial charge in [-0.25, -0.2) is 0 Å². The van der Waals surface area contributed by atoms with Crippen LogP contribution in [0.3, 0.4) is 0 Å². The zero-order chi connectivity index (χ0) is 13.0. The lowest BCUT2D eigenvalue weighted by Crippen LogP contribution is -1.95. The summed E-state index contributed by atoms with van der Waals surface area (Å²) < 4.78 is 7.14. The van der Waals surface area contributed by atoms with Crippen LogP contribution in [0.15, 0.2) is 16.0 Å². The van der Waals surface area contributed by atoms with Gasteiger partial charge in [-0.2, -0.15) is 4.98 Å². The Morgan fingerprint density at radius 2 is 2.33 bits per heavy atom. The number of aryl methyl sites for hydroxylation is 2. The van der Waals surface area contributed by atoms with E-state index < -0.39 is 0 Å². The first kappa shape index (κ1) is 13.1. The number of thioether (sulfide) groups is 1. The summed E-state index contributed by atoms with van der Waals surface area (Å²) in [6.45, 7) is 4.17. The van der Waals surface area contributed by atoms with Gasteiger partial charge < -0.3 is 9.09 Å². The Labute approximate surface area is 110 Å². The summed E-state index contributed by atoms with van der Waals surface area (Å²) in [6, 6.07) is 0. The Balaban J connectivity index is 1.98. The Kier molecular flexibility index (Phi) is 4.35. The van der Waals surface area contributed by atoms with Crippen molar-refractivity contribution in [3.05, 3.63) is 18.0 Å². The molecule has 98 valence electrons. The fourth-order valence-electron chi connectivity index (χ4n) is 1.46. The maximum Gasteiger partial charge on any atom is 0.239 e. The summed E-state index contributed by atoms with van der Waals surface area (Å²) in [6.07, 6.45) is 4.77. The predicted octanol–water partition coefficient (Wildman–Crippen LogP) is 2.39. The van der Waals surface area contributed by atoms with Gasteiger partial charge in [0.1, 0.15) is 6.33 Å². The van der Waals surface area contributed by atoms with E-state index in [2.05, 4.69) is 27.3 Å². The minimum Gasteiger partial charge on any atom is -0.338 e. The van der Waals surface area contributed by atoms with E-state index in [1.165, 1.54) is 0 Å². The highest BCUT2D eigenvalue weighted by atomic mass is 32.2. The average Bonchev–Trinajstić information content (AvgIpc) is 2.97. The van der Waals surface area contributed by atoms with Crippen molar-refractivity contribution >= 4 is 11.8 Å². The molecule has 0 N–H and O–H groups in total. The highest BCUT2D eigenvalue weighted by Crippen LogP contribution is 2.32.